The highest BCUT2D eigenvalue weighted by atomic mass is 35.5. The summed E-state index contributed by atoms with van der Waals surface area (Å²) in [5.41, 5.74) is 2.56. The monoisotopic (exact) mass is 274 g/mol. The summed E-state index contributed by atoms with van der Waals surface area (Å²) in [4.78, 5) is 4.06. The Hall–Kier alpha value is -1.38. The predicted octanol–water partition coefficient (Wildman–Crippen LogP) is 4.02. The van der Waals surface area contributed by atoms with Gasteiger partial charge in [0.25, 0.3) is 0 Å². The Morgan fingerprint density at radius 3 is 2.42 bits per heavy atom. The van der Waals surface area contributed by atoms with Crippen molar-refractivity contribution in [2.75, 3.05) is 6.54 Å². The van der Waals surface area contributed by atoms with Crippen molar-refractivity contribution >= 4 is 11.6 Å². The molecule has 0 saturated carbocycles. The van der Waals surface area contributed by atoms with Crippen molar-refractivity contribution in [3.05, 3.63) is 64.9 Å². The first-order chi connectivity index (χ1) is 9.29. The number of rotatable bonds is 6. The average molecular weight is 275 g/mol. The third-order valence-electron chi connectivity index (χ3n) is 3.10. The molecule has 1 heterocycles. The number of halogens is 1. The van der Waals surface area contributed by atoms with Gasteiger partial charge in [-0.1, -0.05) is 30.7 Å². The SMILES string of the molecule is CCCNC(Cc1ccncc1)c1ccc(Cl)cc1. The molecule has 19 heavy (non-hydrogen) atoms. The Balaban J connectivity index is 2.13. The first-order valence-electron chi connectivity index (χ1n) is 6.67. The van der Waals surface area contributed by atoms with Crippen LogP contribution < -0.4 is 5.32 Å². The number of nitrogens with zero attached hydrogens (tertiary/aromatic N) is 1. The molecule has 0 aliphatic heterocycles. The van der Waals surface area contributed by atoms with Gasteiger partial charge in [-0.2, -0.15) is 0 Å². The minimum Gasteiger partial charge on any atom is -0.310 e. The van der Waals surface area contributed by atoms with E-state index in [0.717, 1.165) is 24.4 Å². The van der Waals surface area contributed by atoms with Crippen LogP contribution in [0.5, 0.6) is 0 Å². The number of aromatic nitrogens is 1. The second kappa shape index (κ2) is 7.27. The van der Waals surface area contributed by atoms with E-state index in [1.165, 1.54) is 11.1 Å². The molecule has 2 aromatic rings. The number of nitrogens with one attached hydrogen (secondary N) is 1. The average Bonchev–Trinajstić information content (AvgIpc) is 2.45. The standard InChI is InChI=1S/C16H19ClN2/c1-2-9-19-16(12-13-7-10-18-11-8-13)14-3-5-15(17)6-4-14/h3-8,10-11,16,19H,2,9,12H2,1H3. The van der Waals surface area contributed by atoms with Crippen LogP contribution in [0.3, 0.4) is 0 Å². The summed E-state index contributed by atoms with van der Waals surface area (Å²) in [6.07, 6.45) is 5.77. The summed E-state index contributed by atoms with van der Waals surface area (Å²) in [7, 11) is 0. The molecule has 0 aliphatic rings. The van der Waals surface area contributed by atoms with Gasteiger partial charge in [-0.25, -0.2) is 0 Å². The van der Waals surface area contributed by atoms with Gasteiger partial charge in [0.1, 0.15) is 0 Å². The quantitative estimate of drug-likeness (QED) is 0.861. The lowest BCUT2D eigenvalue weighted by Gasteiger charge is -2.19. The van der Waals surface area contributed by atoms with Gasteiger partial charge in [0, 0.05) is 23.5 Å². The van der Waals surface area contributed by atoms with Crippen LogP contribution in [0.25, 0.3) is 0 Å². The van der Waals surface area contributed by atoms with E-state index in [2.05, 4.69) is 41.5 Å². The molecule has 0 radical (unpaired) electrons. The normalized spacial score (nSPS) is 12.3. The number of hydrogen-bond donors (Lipinski definition) is 1. The molecule has 0 spiro atoms. The minimum atomic E-state index is 0.319. The van der Waals surface area contributed by atoms with E-state index in [1.807, 2.05) is 24.5 Å². The minimum absolute atomic E-state index is 0.319. The maximum atomic E-state index is 5.95. The third kappa shape index (κ3) is 4.34. The fraction of sp³-hybridized carbons (Fsp3) is 0.312. The number of hydrogen-bond acceptors (Lipinski definition) is 2. The predicted molar refractivity (Wildman–Crippen MR) is 80.4 cm³/mol. The molecule has 2 rings (SSSR count). The molecule has 1 aromatic heterocycles. The topological polar surface area (TPSA) is 24.9 Å². The molecule has 0 aliphatic carbocycles. The van der Waals surface area contributed by atoms with Crippen molar-refractivity contribution in [1.82, 2.24) is 10.3 Å². The lowest BCUT2D eigenvalue weighted by molar-refractivity contribution is 0.529. The largest absolute Gasteiger partial charge is 0.310 e. The van der Waals surface area contributed by atoms with Crippen LogP contribution >= 0.6 is 11.6 Å². The summed E-state index contributed by atoms with van der Waals surface area (Å²) >= 11 is 5.95. The Labute approximate surface area is 119 Å². The van der Waals surface area contributed by atoms with Crippen LogP contribution in [-0.4, -0.2) is 11.5 Å². The summed E-state index contributed by atoms with van der Waals surface area (Å²) < 4.78 is 0. The lowest BCUT2D eigenvalue weighted by atomic mass is 9.99. The Morgan fingerprint density at radius 1 is 1.11 bits per heavy atom. The van der Waals surface area contributed by atoms with Crippen LogP contribution in [0.4, 0.5) is 0 Å². The second-order valence-electron chi connectivity index (χ2n) is 4.62. The van der Waals surface area contributed by atoms with E-state index in [-0.39, 0.29) is 0 Å². The summed E-state index contributed by atoms with van der Waals surface area (Å²) in [6, 6.07) is 12.5. The Morgan fingerprint density at radius 2 is 1.79 bits per heavy atom. The molecule has 100 valence electrons. The van der Waals surface area contributed by atoms with E-state index >= 15 is 0 Å². The maximum Gasteiger partial charge on any atom is 0.0406 e. The molecule has 3 heteroatoms. The molecular weight excluding hydrogens is 256 g/mol. The van der Waals surface area contributed by atoms with Crippen molar-refractivity contribution in [2.24, 2.45) is 0 Å². The first kappa shape index (κ1) is 14.0. The van der Waals surface area contributed by atoms with Crippen molar-refractivity contribution < 1.29 is 0 Å². The van der Waals surface area contributed by atoms with E-state index in [4.69, 9.17) is 11.6 Å². The van der Waals surface area contributed by atoms with Crippen molar-refractivity contribution in [1.29, 1.82) is 0 Å². The highest BCUT2D eigenvalue weighted by molar-refractivity contribution is 6.30. The van der Waals surface area contributed by atoms with E-state index in [9.17, 15) is 0 Å². The molecule has 0 fully saturated rings. The molecule has 1 unspecified atom stereocenters. The number of benzene rings is 1. The van der Waals surface area contributed by atoms with Gasteiger partial charge in [-0.05, 0) is 54.8 Å². The molecule has 0 bridgehead atoms. The summed E-state index contributed by atoms with van der Waals surface area (Å²) in [6.45, 7) is 3.19. The molecule has 1 atom stereocenters. The zero-order valence-corrected chi connectivity index (χ0v) is 11.9. The summed E-state index contributed by atoms with van der Waals surface area (Å²) in [5.74, 6) is 0. The van der Waals surface area contributed by atoms with Gasteiger partial charge >= 0.3 is 0 Å². The molecule has 2 nitrogen and oxygen atoms in total. The van der Waals surface area contributed by atoms with Gasteiger partial charge in [0.15, 0.2) is 0 Å². The fourth-order valence-corrected chi connectivity index (χ4v) is 2.20. The summed E-state index contributed by atoms with van der Waals surface area (Å²) in [5, 5.41) is 4.37. The fourth-order valence-electron chi connectivity index (χ4n) is 2.08. The van der Waals surface area contributed by atoms with Crippen LogP contribution in [0.15, 0.2) is 48.8 Å². The van der Waals surface area contributed by atoms with Gasteiger partial charge in [-0.15, -0.1) is 0 Å². The zero-order chi connectivity index (χ0) is 13.5. The van der Waals surface area contributed by atoms with Gasteiger partial charge in [-0.3, -0.25) is 4.98 Å². The van der Waals surface area contributed by atoms with Crippen molar-refractivity contribution in [3.8, 4) is 0 Å². The van der Waals surface area contributed by atoms with E-state index in [1.54, 1.807) is 0 Å². The molecule has 0 amide bonds. The van der Waals surface area contributed by atoms with Gasteiger partial charge in [0.05, 0.1) is 0 Å². The lowest BCUT2D eigenvalue weighted by Crippen LogP contribution is -2.24. The highest BCUT2D eigenvalue weighted by Gasteiger charge is 2.11. The maximum absolute atomic E-state index is 5.95. The third-order valence-corrected chi connectivity index (χ3v) is 3.35. The smallest absolute Gasteiger partial charge is 0.0406 e. The van der Waals surface area contributed by atoms with Crippen LogP contribution in [-0.2, 0) is 6.42 Å². The van der Waals surface area contributed by atoms with Gasteiger partial charge < -0.3 is 5.32 Å². The Kier molecular flexibility index (Phi) is 5.37. The first-order valence-corrected chi connectivity index (χ1v) is 7.05. The van der Waals surface area contributed by atoms with E-state index in [0.29, 0.717) is 6.04 Å². The number of pyridine rings is 1. The second-order valence-corrected chi connectivity index (χ2v) is 5.05. The molecule has 1 N–H and O–H groups in total. The van der Waals surface area contributed by atoms with Gasteiger partial charge in [0.2, 0.25) is 0 Å². The van der Waals surface area contributed by atoms with Crippen LogP contribution in [0.2, 0.25) is 5.02 Å². The van der Waals surface area contributed by atoms with Crippen molar-refractivity contribution in [2.45, 2.75) is 25.8 Å². The molecule has 1 aromatic carbocycles. The highest BCUT2D eigenvalue weighted by Crippen LogP contribution is 2.20. The molecule has 0 saturated heterocycles. The molecular formula is C16H19ClN2. The zero-order valence-electron chi connectivity index (χ0n) is 11.1. The van der Waals surface area contributed by atoms with Crippen LogP contribution in [0, 0.1) is 0 Å². The van der Waals surface area contributed by atoms with Crippen molar-refractivity contribution in [3.63, 3.8) is 0 Å². The van der Waals surface area contributed by atoms with Crippen LogP contribution in [0.1, 0.15) is 30.5 Å². The van der Waals surface area contributed by atoms with E-state index < -0.39 is 0 Å². The Bertz CT molecular complexity index is 482.